The molecule has 0 aliphatic heterocycles. The first-order valence-corrected chi connectivity index (χ1v) is 7.33. The van der Waals surface area contributed by atoms with Crippen LogP contribution in [0.25, 0.3) is 11.4 Å². The minimum atomic E-state index is -5.17. The molecular weight excluding hydrogens is 463 g/mol. The molecule has 0 spiro atoms. The van der Waals surface area contributed by atoms with Gasteiger partial charge in [0.1, 0.15) is 16.4 Å². The fourth-order valence-corrected chi connectivity index (χ4v) is 2.73. The third-order valence-corrected chi connectivity index (χ3v) is 3.94. The lowest BCUT2D eigenvalue weighted by molar-refractivity contribution is -0.384. The van der Waals surface area contributed by atoms with Gasteiger partial charge in [0.05, 0.1) is 10.5 Å². The second kappa shape index (κ2) is 6.54. The van der Waals surface area contributed by atoms with E-state index in [4.69, 9.17) is 11.6 Å². The van der Waals surface area contributed by atoms with Gasteiger partial charge < -0.3 is 4.98 Å². The molecule has 0 amide bonds. The molecule has 0 aliphatic rings. The topological polar surface area (TPSA) is 88.9 Å². The van der Waals surface area contributed by atoms with E-state index in [-0.39, 0.29) is 6.07 Å². The van der Waals surface area contributed by atoms with Crippen molar-refractivity contribution >= 4 is 33.2 Å². The van der Waals surface area contributed by atoms with E-state index in [1.807, 2.05) is 0 Å². The van der Waals surface area contributed by atoms with E-state index in [0.717, 1.165) is 0 Å². The predicted molar refractivity (Wildman–Crippen MR) is 79.7 cm³/mol. The summed E-state index contributed by atoms with van der Waals surface area (Å²) in [5, 5.41) is 9.80. The van der Waals surface area contributed by atoms with E-state index >= 15 is 0 Å². The van der Waals surface area contributed by atoms with Gasteiger partial charge in [-0.05, 0) is 22.0 Å². The minimum Gasteiger partial charge on any atom is -0.305 e. The summed E-state index contributed by atoms with van der Waals surface area (Å²) in [7, 11) is 0. The zero-order chi connectivity index (χ0) is 20.0. The molecule has 140 valence electrons. The summed E-state index contributed by atoms with van der Waals surface area (Å²) >= 11 is 7.88. The van der Waals surface area contributed by atoms with Crippen molar-refractivity contribution in [3.8, 4) is 11.4 Å². The van der Waals surface area contributed by atoms with Crippen molar-refractivity contribution in [1.29, 1.82) is 0 Å². The van der Waals surface area contributed by atoms with E-state index in [1.54, 1.807) is 4.98 Å². The number of aromatic nitrogens is 2. The number of nitro benzene ring substituents is 1. The van der Waals surface area contributed by atoms with Crippen molar-refractivity contribution < 1.29 is 31.3 Å². The van der Waals surface area contributed by atoms with Crippen LogP contribution in [0, 0.1) is 10.1 Å². The molecule has 1 aromatic heterocycles. The van der Waals surface area contributed by atoms with Crippen molar-refractivity contribution in [2.24, 2.45) is 0 Å². The Bertz CT molecular complexity index is 957. The maximum Gasteiger partial charge on any atom is 0.435 e. The third-order valence-electron chi connectivity index (χ3n) is 2.96. The number of H-pyrrole nitrogens is 1. The monoisotopic (exact) mass is 465 g/mol. The molecule has 14 heteroatoms. The Hall–Kier alpha value is -2.15. The summed E-state index contributed by atoms with van der Waals surface area (Å²) in [6.45, 7) is 0. The standard InChI is InChI=1S/C12H3BrClF6N3O3/c13-4-1-3(11(15,16)17)2-5(23(25)26)6(4)9-21-8(12(18,19)20)7(14)10(24)22-9/h1-2H,(H,21,22,24). The lowest BCUT2D eigenvalue weighted by Gasteiger charge is -2.13. The average molecular weight is 467 g/mol. The number of nitrogens with zero attached hydrogens (tertiary/aromatic N) is 2. The Kier molecular flexibility index (Phi) is 5.07. The van der Waals surface area contributed by atoms with Crippen LogP contribution < -0.4 is 5.56 Å². The van der Waals surface area contributed by atoms with Crippen molar-refractivity contribution in [1.82, 2.24) is 9.97 Å². The fourth-order valence-electron chi connectivity index (χ4n) is 1.90. The average Bonchev–Trinajstić information content (AvgIpc) is 2.46. The molecule has 0 atom stereocenters. The first-order chi connectivity index (χ1) is 11.7. The maximum atomic E-state index is 12.9. The molecule has 1 aromatic carbocycles. The second-order valence-corrected chi connectivity index (χ2v) is 5.91. The molecular formula is C12H3BrClF6N3O3. The first-order valence-electron chi connectivity index (χ1n) is 6.16. The molecule has 0 saturated heterocycles. The number of nitro groups is 1. The highest BCUT2D eigenvalue weighted by Gasteiger charge is 2.39. The van der Waals surface area contributed by atoms with Crippen molar-refractivity contribution in [3.05, 3.63) is 53.4 Å². The molecule has 1 heterocycles. The highest BCUT2D eigenvalue weighted by molar-refractivity contribution is 9.10. The molecule has 2 rings (SSSR count). The van der Waals surface area contributed by atoms with Gasteiger partial charge in [0.2, 0.25) is 0 Å². The Labute approximate surface area is 152 Å². The Morgan fingerprint density at radius 1 is 1.15 bits per heavy atom. The van der Waals surface area contributed by atoms with E-state index in [0.29, 0.717) is 6.07 Å². The van der Waals surface area contributed by atoms with Crippen molar-refractivity contribution in [2.45, 2.75) is 12.4 Å². The van der Waals surface area contributed by atoms with Crippen LogP contribution in [0.15, 0.2) is 21.4 Å². The molecule has 0 bridgehead atoms. The van der Waals surface area contributed by atoms with Crippen LogP contribution in [-0.4, -0.2) is 14.9 Å². The van der Waals surface area contributed by atoms with Gasteiger partial charge in [-0.1, -0.05) is 11.6 Å². The summed E-state index contributed by atoms with van der Waals surface area (Å²) in [6, 6.07) is 0.520. The van der Waals surface area contributed by atoms with Crippen molar-refractivity contribution in [3.63, 3.8) is 0 Å². The Morgan fingerprint density at radius 2 is 1.73 bits per heavy atom. The zero-order valence-electron chi connectivity index (χ0n) is 11.8. The number of halogens is 8. The third kappa shape index (κ3) is 3.82. The number of hydrogen-bond donors (Lipinski definition) is 1. The first kappa shape index (κ1) is 20.2. The van der Waals surface area contributed by atoms with Gasteiger partial charge in [-0.2, -0.15) is 26.3 Å². The van der Waals surface area contributed by atoms with Crippen LogP contribution in [0.4, 0.5) is 32.0 Å². The van der Waals surface area contributed by atoms with E-state index in [9.17, 15) is 41.3 Å². The molecule has 0 aliphatic carbocycles. The van der Waals surface area contributed by atoms with Crippen LogP contribution in [0.3, 0.4) is 0 Å². The number of hydrogen-bond acceptors (Lipinski definition) is 4. The van der Waals surface area contributed by atoms with E-state index < -0.39 is 60.7 Å². The van der Waals surface area contributed by atoms with Gasteiger partial charge >= 0.3 is 12.4 Å². The van der Waals surface area contributed by atoms with E-state index in [2.05, 4.69) is 20.9 Å². The van der Waals surface area contributed by atoms with E-state index in [1.165, 1.54) is 0 Å². The highest BCUT2D eigenvalue weighted by Crippen LogP contribution is 2.41. The number of aromatic amines is 1. The number of alkyl halides is 6. The Balaban J connectivity index is 2.87. The molecule has 26 heavy (non-hydrogen) atoms. The van der Waals surface area contributed by atoms with Gasteiger partial charge in [-0.25, -0.2) is 4.98 Å². The molecule has 0 saturated carbocycles. The smallest absolute Gasteiger partial charge is 0.305 e. The van der Waals surface area contributed by atoms with Gasteiger partial charge in [0.15, 0.2) is 5.69 Å². The Morgan fingerprint density at radius 3 is 2.19 bits per heavy atom. The van der Waals surface area contributed by atoms with Crippen LogP contribution in [0.2, 0.25) is 5.02 Å². The summed E-state index contributed by atoms with van der Waals surface area (Å²) in [5.74, 6) is -0.973. The molecule has 1 N–H and O–H groups in total. The summed E-state index contributed by atoms with van der Waals surface area (Å²) < 4.78 is 76.5. The maximum absolute atomic E-state index is 12.9. The van der Waals surface area contributed by atoms with Crippen LogP contribution in [0.1, 0.15) is 11.3 Å². The fraction of sp³-hybridized carbons (Fsp3) is 0.167. The van der Waals surface area contributed by atoms with Crippen LogP contribution >= 0.6 is 27.5 Å². The normalized spacial score (nSPS) is 12.3. The largest absolute Gasteiger partial charge is 0.435 e. The van der Waals surface area contributed by atoms with Gasteiger partial charge in [0.25, 0.3) is 11.2 Å². The van der Waals surface area contributed by atoms with Gasteiger partial charge in [0, 0.05) is 10.5 Å². The quantitative estimate of drug-likeness (QED) is 0.391. The summed E-state index contributed by atoms with van der Waals surface area (Å²) in [4.78, 5) is 26.3. The number of nitrogens with one attached hydrogen (secondary N) is 1. The lowest BCUT2D eigenvalue weighted by atomic mass is 10.1. The molecule has 2 aromatic rings. The molecule has 0 fully saturated rings. The lowest BCUT2D eigenvalue weighted by Crippen LogP contribution is -2.20. The van der Waals surface area contributed by atoms with Crippen LogP contribution in [0.5, 0.6) is 0 Å². The number of benzene rings is 1. The highest BCUT2D eigenvalue weighted by atomic mass is 79.9. The van der Waals surface area contributed by atoms with Crippen LogP contribution in [-0.2, 0) is 12.4 Å². The molecule has 0 unspecified atom stereocenters. The predicted octanol–water partition coefficient (Wildman–Crippen LogP) is 4.80. The summed E-state index contributed by atoms with van der Waals surface area (Å²) in [5.41, 5.74) is -6.72. The second-order valence-electron chi connectivity index (χ2n) is 4.68. The zero-order valence-corrected chi connectivity index (χ0v) is 14.1. The minimum absolute atomic E-state index is 0.113. The summed E-state index contributed by atoms with van der Waals surface area (Å²) in [6.07, 6.45) is -10.1. The van der Waals surface area contributed by atoms with Crippen molar-refractivity contribution in [2.75, 3.05) is 0 Å². The SMILES string of the molecule is O=c1[nH]c(-c2c(Br)cc(C(F)(F)F)cc2[N+](=O)[O-])nc(C(F)(F)F)c1Cl. The molecule has 6 nitrogen and oxygen atoms in total. The molecule has 0 radical (unpaired) electrons. The number of rotatable bonds is 2. The van der Waals surface area contributed by atoms with Gasteiger partial charge in [-0.15, -0.1) is 0 Å². The van der Waals surface area contributed by atoms with Gasteiger partial charge in [-0.3, -0.25) is 14.9 Å².